The van der Waals surface area contributed by atoms with Crippen LogP contribution in [-0.2, 0) is 30.4 Å². The highest BCUT2D eigenvalue weighted by atomic mass is 16.6. The lowest BCUT2D eigenvalue weighted by molar-refractivity contribution is -0.164. The predicted octanol–water partition coefficient (Wildman–Crippen LogP) is 2.47. The number of hydrogen-bond acceptors (Lipinski definition) is 6. The average molecular weight is 509 g/mol. The zero-order valence-electron chi connectivity index (χ0n) is 21.7. The largest absolute Gasteiger partial charge is 0.465 e. The molecule has 5 rings (SSSR count). The molecule has 2 amide bonds. The minimum Gasteiger partial charge on any atom is -0.465 e. The number of amides is 2. The Morgan fingerprint density at radius 3 is 2.49 bits per heavy atom. The molecule has 0 radical (unpaired) electrons. The molecular weight excluding hydrogens is 472 g/mol. The summed E-state index contributed by atoms with van der Waals surface area (Å²) in [6.45, 7) is 6.41. The van der Waals surface area contributed by atoms with Gasteiger partial charge in [0, 0.05) is 13.1 Å². The van der Waals surface area contributed by atoms with Crippen LogP contribution >= 0.6 is 0 Å². The lowest BCUT2D eigenvalue weighted by Crippen LogP contribution is -2.59. The van der Waals surface area contributed by atoms with Gasteiger partial charge in [-0.1, -0.05) is 75.4 Å². The number of ether oxygens (including phenoxy) is 2. The maximum Gasteiger partial charge on any atom is 0.313 e. The summed E-state index contributed by atoms with van der Waals surface area (Å²) in [4.78, 5) is 45.4. The van der Waals surface area contributed by atoms with Gasteiger partial charge in [0.1, 0.15) is 23.2 Å². The Morgan fingerprint density at radius 1 is 1.05 bits per heavy atom. The summed E-state index contributed by atoms with van der Waals surface area (Å²) in [5, 5.41) is 10.4. The molecule has 8 nitrogen and oxygen atoms in total. The smallest absolute Gasteiger partial charge is 0.313 e. The summed E-state index contributed by atoms with van der Waals surface area (Å²) in [6, 6.07) is 8.09. The van der Waals surface area contributed by atoms with Crippen molar-refractivity contribution in [3.63, 3.8) is 0 Å². The van der Waals surface area contributed by atoms with Gasteiger partial charge >= 0.3 is 5.97 Å². The number of aliphatic hydroxyl groups excluding tert-OH is 1. The van der Waals surface area contributed by atoms with Gasteiger partial charge in [-0.05, 0) is 24.3 Å². The number of fused-ring (bicyclic) bond motifs is 2. The average Bonchev–Trinajstić information content (AvgIpc) is 3.23. The maximum absolute atomic E-state index is 14.4. The lowest BCUT2D eigenvalue weighted by Gasteiger charge is -2.42. The number of esters is 1. The molecule has 4 aliphatic rings. The van der Waals surface area contributed by atoms with Gasteiger partial charge in [-0.15, -0.1) is 0 Å². The molecule has 37 heavy (non-hydrogen) atoms. The Bertz CT molecular complexity index is 1120. The molecule has 1 spiro atoms. The van der Waals surface area contributed by atoms with Crippen LogP contribution in [0, 0.1) is 17.8 Å². The Kier molecular flexibility index (Phi) is 6.75. The van der Waals surface area contributed by atoms with E-state index in [2.05, 4.69) is 0 Å². The SMILES string of the molecule is CC[C@]12C=CCCOC(=O)[C@H]1[C@H]1C(=O)N([C@@H](CO)C(C)C)C3C(=O)N(Cc4ccccc4)CC=C[C@@]31O2. The molecule has 6 atom stereocenters. The first-order valence-corrected chi connectivity index (χ1v) is 13.3. The van der Waals surface area contributed by atoms with Gasteiger partial charge in [-0.2, -0.15) is 0 Å². The highest BCUT2D eigenvalue weighted by Crippen LogP contribution is 2.58. The van der Waals surface area contributed by atoms with E-state index >= 15 is 0 Å². The number of hydrogen-bond donors (Lipinski definition) is 1. The number of aliphatic hydroxyl groups is 1. The number of benzene rings is 1. The topological polar surface area (TPSA) is 96.4 Å². The van der Waals surface area contributed by atoms with E-state index in [0.717, 1.165) is 5.56 Å². The van der Waals surface area contributed by atoms with E-state index in [1.807, 2.05) is 75.4 Å². The van der Waals surface area contributed by atoms with Crippen LogP contribution < -0.4 is 0 Å². The van der Waals surface area contributed by atoms with Gasteiger partial charge in [0.15, 0.2) is 0 Å². The molecule has 0 bridgehead atoms. The first-order valence-electron chi connectivity index (χ1n) is 13.3. The fraction of sp³-hybridized carbons (Fsp3) is 0.552. The molecule has 0 aromatic heterocycles. The molecule has 1 aromatic carbocycles. The number of nitrogens with zero attached hydrogens (tertiary/aromatic N) is 2. The van der Waals surface area contributed by atoms with Gasteiger partial charge in [0.05, 0.1) is 25.2 Å². The fourth-order valence-corrected chi connectivity index (χ4v) is 6.64. The third-order valence-electron chi connectivity index (χ3n) is 8.45. The highest BCUT2D eigenvalue weighted by Gasteiger charge is 2.76. The Hall–Kier alpha value is -2.97. The van der Waals surface area contributed by atoms with Crippen molar-refractivity contribution in [2.75, 3.05) is 19.8 Å². The second-order valence-corrected chi connectivity index (χ2v) is 10.8. The third-order valence-corrected chi connectivity index (χ3v) is 8.45. The monoisotopic (exact) mass is 508 g/mol. The van der Waals surface area contributed by atoms with Crippen LogP contribution in [0.4, 0.5) is 0 Å². The highest BCUT2D eigenvalue weighted by molar-refractivity contribution is 5.99. The van der Waals surface area contributed by atoms with Gasteiger partial charge < -0.3 is 24.4 Å². The van der Waals surface area contributed by atoms with Crippen LogP contribution in [0.2, 0.25) is 0 Å². The minimum absolute atomic E-state index is 0.118. The molecule has 4 heterocycles. The zero-order valence-corrected chi connectivity index (χ0v) is 21.7. The predicted molar refractivity (Wildman–Crippen MR) is 136 cm³/mol. The van der Waals surface area contributed by atoms with E-state index in [-0.39, 0.29) is 30.9 Å². The van der Waals surface area contributed by atoms with E-state index < -0.39 is 41.1 Å². The molecule has 8 heteroatoms. The Balaban J connectivity index is 1.66. The number of cyclic esters (lactones) is 1. The first-order chi connectivity index (χ1) is 17.8. The Morgan fingerprint density at radius 2 is 1.81 bits per heavy atom. The molecule has 4 aliphatic heterocycles. The maximum atomic E-state index is 14.4. The number of likely N-dealkylation sites (tertiary alicyclic amines) is 1. The summed E-state index contributed by atoms with van der Waals surface area (Å²) in [6.07, 6.45) is 8.56. The van der Waals surface area contributed by atoms with Gasteiger partial charge in [-0.25, -0.2) is 0 Å². The number of rotatable bonds is 6. The first kappa shape index (κ1) is 25.7. The standard InChI is InChI=1S/C29H36N2O6/c1-4-28-13-8-9-16-36-27(35)23(28)22-25(33)31(21(18-32)19(2)3)24-26(34)30(15-10-14-29(22,24)37-28)17-20-11-6-5-7-12-20/h5-8,10-14,19,21-24,32H,4,9,15-18H2,1-3H3/t21-,22-,23+,24?,28-,29-/m0/s1. The summed E-state index contributed by atoms with van der Waals surface area (Å²) in [5.74, 6) is -3.01. The van der Waals surface area contributed by atoms with Crippen molar-refractivity contribution in [1.82, 2.24) is 9.80 Å². The van der Waals surface area contributed by atoms with E-state index in [9.17, 15) is 19.5 Å². The molecule has 0 saturated carbocycles. The van der Waals surface area contributed by atoms with Crippen molar-refractivity contribution < 1.29 is 29.0 Å². The van der Waals surface area contributed by atoms with E-state index in [0.29, 0.717) is 25.9 Å². The fourth-order valence-electron chi connectivity index (χ4n) is 6.64. The van der Waals surface area contributed by atoms with E-state index in [4.69, 9.17) is 9.47 Å². The van der Waals surface area contributed by atoms with Crippen LogP contribution in [-0.4, -0.2) is 75.7 Å². The molecule has 198 valence electrons. The van der Waals surface area contributed by atoms with Gasteiger partial charge in [0.25, 0.3) is 0 Å². The number of carbonyl (C=O) groups is 3. The van der Waals surface area contributed by atoms with Crippen molar-refractivity contribution in [2.24, 2.45) is 17.8 Å². The number of carbonyl (C=O) groups excluding carboxylic acids is 3. The van der Waals surface area contributed by atoms with Crippen molar-refractivity contribution in [3.05, 3.63) is 60.2 Å². The molecule has 0 aliphatic carbocycles. The molecule has 2 saturated heterocycles. The minimum atomic E-state index is -1.35. The normalized spacial score (nSPS) is 34.0. The van der Waals surface area contributed by atoms with Crippen LogP contribution in [0.3, 0.4) is 0 Å². The summed E-state index contributed by atoms with van der Waals surface area (Å²) in [5.41, 5.74) is -1.44. The summed E-state index contributed by atoms with van der Waals surface area (Å²) in [7, 11) is 0. The van der Waals surface area contributed by atoms with Crippen molar-refractivity contribution >= 4 is 17.8 Å². The van der Waals surface area contributed by atoms with Gasteiger partial charge in [0.2, 0.25) is 11.8 Å². The quantitative estimate of drug-likeness (QED) is 0.469. The van der Waals surface area contributed by atoms with Crippen LogP contribution in [0.1, 0.15) is 39.2 Å². The molecule has 1 aromatic rings. The van der Waals surface area contributed by atoms with Crippen LogP contribution in [0.25, 0.3) is 0 Å². The zero-order chi connectivity index (χ0) is 26.4. The van der Waals surface area contributed by atoms with Gasteiger partial charge in [-0.3, -0.25) is 14.4 Å². The lowest BCUT2D eigenvalue weighted by atomic mass is 9.73. The third kappa shape index (κ3) is 3.92. The van der Waals surface area contributed by atoms with Crippen molar-refractivity contribution in [2.45, 2.75) is 63.4 Å². The second kappa shape index (κ2) is 9.72. The molecule has 2 fully saturated rings. The molecular formula is C29H36N2O6. The van der Waals surface area contributed by atoms with Crippen LogP contribution in [0.5, 0.6) is 0 Å². The van der Waals surface area contributed by atoms with Crippen molar-refractivity contribution in [3.8, 4) is 0 Å². The summed E-state index contributed by atoms with van der Waals surface area (Å²) < 4.78 is 12.5. The van der Waals surface area contributed by atoms with E-state index in [1.165, 1.54) is 4.90 Å². The summed E-state index contributed by atoms with van der Waals surface area (Å²) >= 11 is 0. The Labute approximate surface area is 217 Å². The van der Waals surface area contributed by atoms with Crippen LogP contribution in [0.15, 0.2) is 54.6 Å². The molecule has 1 N–H and O–H groups in total. The molecule has 1 unspecified atom stereocenters. The van der Waals surface area contributed by atoms with E-state index in [1.54, 1.807) is 4.90 Å². The van der Waals surface area contributed by atoms with Crippen molar-refractivity contribution in [1.29, 1.82) is 0 Å². The second-order valence-electron chi connectivity index (χ2n) is 10.8.